The lowest BCUT2D eigenvalue weighted by Crippen LogP contribution is -2.41. The van der Waals surface area contributed by atoms with E-state index in [0.29, 0.717) is 41.5 Å². The summed E-state index contributed by atoms with van der Waals surface area (Å²) in [6.07, 6.45) is 6.07. The number of Topliss-reactive ketones (excluding diaryl/α,β-unsaturated/α-hetero) is 1. The van der Waals surface area contributed by atoms with Crippen molar-refractivity contribution in [2.24, 2.45) is 0 Å². The molecule has 0 aliphatic rings. The maximum Gasteiger partial charge on any atom is 0.343 e. The number of ether oxygens (including phenoxy) is 3. The first-order valence-electron chi connectivity index (χ1n) is 16.7. The lowest BCUT2D eigenvalue weighted by molar-refractivity contribution is -0.121. The Hall–Kier alpha value is -5.28. The van der Waals surface area contributed by atoms with E-state index < -0.39 is 17.9 Å². The monoisotopic (exact) mass is 664 g/mol. The minimum Gasteiger partial charge on any atom is -0.494 e. The predicted molar refractivity (Wildman–Crippen MR) is 189 cm³/mol. The van der Waals surface area contributed by atoms with Gasteiger partial charge in [0, 0.05) is 11.3 Å². The average molecular weight is 665 g/mol. The number of amides is 2. The first-order chi connectivity index (χ1) is 23.8. The summed E-state index contributed by atoms with van der Waals surface area (Å²) in [5.74, 6) is -0.349. The summed E-state index contributed by atoms with van der Waals surface area (Å²) < 4.78 is 16.8. The van der Waals surface area contributed by atoms with E-state index in [1.165, 1.54) is 26.2 Å². The highest BCUT2D eigenvalue weighted by Gasteiger charge is 2.19. The molecule has 0 saturated heterocycles. The molecular weight excluding hydrogens is 620 g/mol. The van der Waals surface area contributed by atoms with Crippen LogP contribution >= 0.6 is 0 Å². The lowest BCUT2D eigenvalue weighted by atomic mass is 10.0. The van der Waals surface area contributed by atoms with Crippen molar-refractivity contribution < 1.29 is 33.4 Å². The van der Waals surface area contributed by atoms with Gasteiger partial charge in [0.15, 0.2) is 5.78 Å². The highest BCUT2D eigenvalue weighted by Crippen LogP contribution is 2.19. The fourth-order valence-corrected chi connectivity index (χ4v) is 4.95. The van der Waals surface area contributed by atoms with Crippen LogP contribution in [-0.2, 0) is 27.4 Å². The number of rotatable bonds is 19. The summed E-state index contributed by atoms with van der Waals surface area (Å²) in [7, 11) is 0. The summed E-state index contributed by atoms with van der Waals surface area (Å²) in [5.41, 5.74) is 3.02. The molecule has 0 aliphatic carbocycles. The fraction of sp³-hybridized carbons (Fsp3) is 0.300. The topological polar surface area (TPSA) is 120 Å². The van der Waals surface area contributed by atoms with Gasteiger partial charge in [-0.2, -0.15) is 0 Å². The van der Waals surface area contributed by atoms with E-state index >= 15 is 0 Å². The van der Waals surface area contributed by atoms with Crippen LogP contribution in [0.1, 0.15) is 77.8 Å². The van der Waals surface area contributed by atoms with Crippen molar-refractivity contribution in [1.29, 1.82) is 0 Å². The number of benzene rings is 4. The highest BCUT2D eigenvalue weighted by molar-refractivity contribution is 5.98. The molecule has 0 unspecified atom stereocenters. The number of hydrogen-bond acceptors (Lipinski definition) is 7. The van der Waals surface area contributed by atoms with Gasteiger partial charge in [0.25, 0.3) is 5.91 Å². The van der Waals surface area contributed by atoms with Crippen LogP contribution < -0.4 is 20.1 Å². The van der Waals surface area contributed by atoms with Crippen molar-refractivity contribution in [2.75, 3.05) is 18.5 Å². The second-order valence-electron chi connectivity index (χ2n) is 11.8. The fourth-order valence-electron chi connectivity index (χ4n) is 4.95. The van der Waals surface area contributed by atoms with Gasteiger partial charge in [0.1, 0.15) is 18.1 Å². The summed E-state index contributed by atoms with van der Waals surface area (Å²) in [6, 6.07) is 28.9. The van der Waals surface area contributed by atoms with Gasteiger partial charge >= 0.3 is 5.97 Å². The van der Waals surface area contributed by atoms with Crippen LogP contribution in [0.15, 0.2) is 103 Å². The molecule has 49 heavy (non-hydrogen) atoms. The summed E-state index contributed by atoms with van der Waals surface area (Å²) >= 11 is 0. The minimum absolute atomic E-state index is 0.107. The van der Waals surface area contributed by atoms with E-state index in [1.54, 1.807) is 72.8 Å². The molecule has 0 heterocycles. The zero-order valence-corrected chi connectivity index (χ0v) is 28.1. The molecule has 0 saturated carbocycles. The molecule has 9 nitrogen and oxygen atoms in total. The van der Waals surface area contributed by atoms with Crippen LogP contribution in [0.4, 0.5) is 5.69 Å². The van der Waals surface area contributed by atoms with Crippen molar-refractivity contribution in [2.45, 2.75) is 65.0 Å². The third-order valence-electron chi connectivity index (χ3n) is 7.75. The van der Waals surface area contributed by atoms with E-state index in [0.717, 1.165) is 24.0 Å². The normalized spacial score (nSPS) is 11.3. The number of nitrogens with one attached hydrogen (secondary N) is 2. The molecule has 4 aromatic carbocycles. The van der Waals surface area contributed by atoms with Crippen molar-refractivity contribution >= 4 is 29.3 Å². The maximum absolute atomic E-state index is 13.0. The molecule has 0 aromatic heterocycles. The molecule has 4 rings (SSSR count). The first-order valence-corrected chi connectivity index (χ1v) is 16.7. The maximum atomic E-state index is 13.0. The molecule has 0 radical (unpaired) electrons. The lowest BCUT2D eigenvalue weighted by Gasteiger charge is -2.17. The minimum atomic E-state index is -0.765. The Labute approximate surface area is 288 Å². The van der Waals surface area contributed by atoms with Crippen LogP contribution in [0.3, 0.4) is 0 Å². The largest absolute Gasteiger partial charge is 0.494 e. The summed E-state index contributed by atoms with van der Waals surface area (Å²) in [6.45, 7) is 4.48. The van der Waals surface area contributed by atoms with Gasteiger partial charge in [-0.05, 0) is 91.6 Å². The van der Waals surface area contributed by atoms with E-state index in [4.69, 9.17) is 14.2 Å². The van der Waals surface area contributed by atoms with Crippen molar-refractivity contribution in [3.05, 3.63) is 125 Å². The Balaban J connectivity index is 1.21. The van der Waals surface area contributed by atoms with Crippen molar-refractivity contribution in [1.82, 2.24) is 5.32 Å². The molecule has 256 valence electrons. The standard InChI is InChI=1S/C40H44N2O7/c1-3-4-5-6-10-25-48-35-23-17-33(18-24-35)40(46)49-36-21-13-30(14-22-36)26-37(29(2)43)42-39(45)32-15-19-34(20-16-32)41-38(44)28-47-27-31-11-8-7-9-12-31/h7-9,11-24,37H,3-6,10,25-28H2,1-2H3,(H,41,44)(H,42,45)/t37-/m1/s1. The zero-order chi connectivity index (χ0) is 34.8. The number of ketones is 1. The van der Waals surface area contributed by atoms with Gasteiger partial charge in [-0.15, -0.1) is 0 Å². The Morgan fingerprint density at radius 3 is 2.02 bits per heavy atom. The van der Waals surface area contributed by atoms with Crippen LogP contribution in [0.25, 0.3) is 0 Å². The highest BCUT2D eigenvalue weighted by atomic mass is 16.5. The number of anilines is 1. The Morgan fingerprint density at radius 1 is 0.694 bits per heavy atom. The molecule has 0 aliphatic heterocycles. The number of carbonyl (C=O) groups excluding carboxylic acids is 4. The van der Waals surface area contributed by atoms with Gasteiger partial charge in [0.2, 0.25) is 5.91 Å². The molecule has 2 N–H and O–H groups in total. The Bertz CT molecular complexity index is 1640. The van der Waals surface area contributed by atoms with Crippen molar-refractivity contribution in [3.63, 3.8) is 0 Å². The molecule has 0 fully saturated rings. The third-order valence-corrected chi connectivity index (χ3v) is 7.75. The van der Waals surface area contributed by atoms with E-state index in [1.807, 2.05) is 30.3 Å². The van der Waals surface area contributed by atoms with Crippen LogP contribution in [-0.4, -0.2) is 42.8 Å². The molecule has 2 amide bonds. The number of carbonyl (C=O) groups is 4. The molecule has 0 spiro atoms. The van der Waals surface area contributed by atoms with Crippen LogP contribution in [0, 0.1) is 0 Å². The average Bonchev–Trinajstić information content (AvgIpc) is 3.11. The molecular formula is C40H44N2O7. The summed E-state index contributed by atoms with van der Waals surface area (Å²) in [5, 5.41) is 5.53. The molecule has 4 aromatic rings. The predicted octanol–water partition coefficient (Wildman–Crippen LogP) is 7.34. The van der Waals surface area contributed by atoms with Gasteiger partial charge in [0.05, 0.1) is 24.8 Å². The SMILES string of the molecule is CCCCCCCOc1ccc(C(=O)Oc2ccc(C[C@@H](NC(=O)c3ccc(NC(=O)COCc4ccccc4)cc3)C(C)=O)cc2)cc1. The number of unbranched alkanes of at least 4 members (excludes halogenated alkanes) is 4. The smallest absolute Gasteiger partial charge is 0.343 e. The zero-order valence-electron chi connectivity index (χ0n) is 28.1. The number of esters is 1. The van der Waals surface area contributed by atoms with Crippen molar-refractivity contribution in [3.8, 4) is 11.5 Å². The van der Waals surface area contributed by atoms with E-state index in [2.05, 4.69) is 17.6 Å². The molecule has 1 atom stereocenters. The first kappa shape index (κ1) is 36.6. The number of hydrogen-bond donors (Lipinski definition) is 2. The third kappa shape index (κ3) is 12.7. The molecule has 9 heteroatoms. The quantitative estimate of drug-likeness (QED) is 0.0612. The van der Waals surface area contributed by atoms with Gasteiger partial charge < -0.3 is 24.8 Å². The van der Waals surface area contributed by atoms with Gasteiger partial charge in [-0.25, -0.2) is 4.79 Å². The second kappa shape index (κ2) is 19.5. The van der Waals surface area contributed by atoms with Crippen LogP contribution in [0.5, 0.6) is 11.5 Å². The Morgan fingerprint density at radius 2 is 1.35 bits per heavy atom. The van der Waals surface area contributed by atoms with Gasteiger partial charge in [-0.1, -0.05) is 75.1 Å². The van der Waals surface area contributed by atoms with Gasteiger partial charge in [-0.3, -0.25) is 14.4 Å². The molecule has 0 bridgehead atoms. The summed E-state index contributed by atoms with van der Waals surface area (Å²) in [4.78, 5) is 50.3. The van der Waals surface area contributed by atoms with E-state index in [-0.39, 0.29) is 24.7 Å². The van der Waals surface area contributed by atoms with E-state index in [9.17, 15) is 19.2 Å². The second-order valence-corrected chi connectivity index (χ2v) is 11.8. The van der Waals surface area contributed by atoms with Crippen LogP contribution in [0.2, 0.25) is 0 Å². The Kier molecular flexibility index (Phi) is 14.6.